The smallest absolute Gasteiger partial charge is 0.119 e. The Labute approximate surface area is 244 Å². The maximum absolute atomic E-state index is 10.8. The third-order valence-electron chi connectivity index (χ3n) is 7.83. The topological polar surface area (TPSA) is 63.7 Å². The number of aliphatic hydroxyl groups is 1. The summed E-state index contributed by atoms with van der Waals surface area (Å²) in [6.45, 7) is 2.19. The molecule has 5 aromatic carbocycles. The zero-order valence-electron chi connectivity index (χ0n) is 23.2. The van der Waals surface area contributed by atoms with Crippen LogP contribution in [0.1, 0.15) is 5.56 Å². The number of nitrogens with one attached hydrogen (secondary N) is 1. The third-order valence-corrected chi connectivity index (χ3v) is 7.83. The van der Waals surface area contributed by atoms with E-state index in [1.54, 1.807) is 0 Å². The normalized spacial score (nSPS) is 12.6. The second-order valence-corrected chi connectivity index (χ2v) is 10.5. The molecule has 7 aromatic rings. The van der Waals surface area contributed by atoms with Crippen molar-refractivity contribution in [1.29, 1.82) is 0 Å². The quantitative estimate of drug-likeness (QED) is 0.109. The van der Waals surface area contributed by atoms with Gasteiger partial charge in [-0.25, -0.2) is 0 Å². The number of aliphatic hydroxyl groups excluding tert-OH is 1. The van der Waals surface area contributed by atoms with Crippen LogP contribution in [0, 0.1) is 0 Å². The van der Waals surface area contributed by atoms with Crippen LogP contribution >= 0.6 is 0 Å². The van der Waals surface area contributed by atoms with E-state index in [9.17, 15) is 5.11 Å². The van der Waals surface area contributed by atoms with Crippen molar-refractivity contribution in [2.45, 2.75) is 19.2 Å². The molecule has 0 saturated heterocycles. The second-order valence-electron chi connectivity index (χ2n) is 10.5. The van der Waals surface area contributed by atoms with Crippen molar-refractivity contribution in [2.24, 2.45) is 5.10 Å². The molecule has 0 aliphatic rings. The molecule has 0 radical (unpaired) electrons. The first kappa shape index (κ1) is 25.9. The zero-order chi connectivity index (χ0) is 28.3. The van der Waals surface area contributed by atoms with Crippen molar-refractivity contribution in [1.82, 2.24) is 14.6 Å². The van der Waals surface area contributed by atoms with E-state index in [-0.39, 0.29) is 6.61 Å². The van der Waals surface area contributed by atoms with E-state index in [2.05, 4.69) is 105 Å². The first-order valence-corrected chi connectivity index (χ1v) is 14.3. The average molecular weight is 553 g/mol. The number of rotatable bonds is 10. The Hall–Kier alpha value is -5.07. The number of hydrogen-bond acceptors (Lipinski definition) is 4. The molecular weight excluding hydrogens is 520 g/mol. The molecule has 7 rings (SSSR count). The Kier molecular flexibility index (Phi) is 7.04. The molecule has 0 amide bonds. The summed E-state index contributed by atoms with van der Waals surface area (Å²) < 4.78 is 10.4. The standard InChI is InChI=1S/C36H32N4O2/c41-27(24-40-35-15-7-3-11-31(35)32-12-4-8-16-36(32)40)25-42-28-19-17-26(18-20-28)23-38-37-21-22-39-33-13-5-1-9-29(33)30-10-2-6-14-34(30)39/h1-20,23,27,37,41H,21-22,24-25H2/b38-23+. The minimum atomic E-state index is -0.649. The molecule has 0 spiro atoms. The third kappa shape index (κ3) is 4.97. The molecule has 0 aliphatic heterocycles. The number of hydrogen-bond donors (Lipinski definition) is 2. The van der Waals surface area contributed by atoms with Gasteiger partial charge < -0.3 is 24.4 Å². The average Bonchev–Trinajstić information content (AvgIpc) is 3.53. The van der Waals surface area contributed by atoms with Gasteiger partial charge in [0.25, 0.3) is 0 Å². The van der Waals surface area contributed by atoms with E-state index in [0.29, 0.717) is 18.8 Å². The summed E-state index contributed by atoms with van der Waals surface area (Å²) in [6, 6.07) is 41.4. The molecule has 0 aliphatic carbocycles. The van der Waals surface area contributed by atoms with Crippen molar-refractivity contribution in [3.63, 3.8) is 0 Å². The largest absolute Gasteiger partial charge is 0.491 e. The van der Waals surface area contributed by atoms with Gasteiger partial charge in [-0.1, -0.05) is 72.8 Å². The van der Waals surface area contributed by atoms with Gasteiger partial charge in [0.05, 0.1) is 19.3 Å². The molecule has 1 unspecified atom stereocenters. The highest BCUT2D eigenvalue weighted by Crippen LogP contribution is 2.30. The maximum Gasteiger partial charge on any atom is 0.119 e. The van der Waals surface area contributed by atoms with Gasteiger partial charge in [-0.05, 0) is 54.1 Å². The molecule has 2 heterocycles. The van der Waals surface area contributed by atoms with Gasteiger partial charge in [0, 0.05) is 50.2 Å². The lowest BCUT2D eigenvalue weighted by Crippen LogP contribution is -2.23. The molecule has 2 aromatic heterocycles. The zero-order valence-corrected chi connectivity index (χ0v) is 23.2. The van der Waals surface area contributed by atoms with Gasteiger partial charge in [-0.2, -0.15) is 5.10 Å². The fourth-order valence-corrected chi connectivity index (χ4v) is 5.90. The predicted molar refractivity (Wildman–Crippen MR) is 172 cm³/mol. The van der Waals surface area contributed by atoms with Crippen molar-refractivity contribution >= 4 is 49.8 Å². The highest BCUT2D eigenvalue weighted by atomic mass is 16.5. The summed E-state index contributed by atoms with van der Waals surface area (Å²) in [6.07, 6.45) is 1.16. The molecule has 0 saturated carbocycles. The lowest BCUT2D eigenvalue weighted by atomic mass is 10.2. The number of ether oxygens (including phenoxy) is 1. The van der Waals surface area contributed by atoms with Crippen LogP contribution in [0.2, 0.25) is 0 Å². The first-order valence-electron chi connectivity index (χ1n) is 14.3. The van der Waals surface area contributed by atoms with E-state index < -0.39 is 6.10 Å². The maximum atomic E-state index is 10.8. The Morgan fingerprint density at radius 1 is 0.643 bits per heavy atom. The fourth-order valence-electron chi connectivity index (χ4n) is 5.90. The number of benzene rings is 5. The van der Waals surface area contributed by atoms with Crippen LogP contribution in [-0.4, -0.2) is 39.7 Å². The van der Waals surface area contributed by atoms with Gasteiger partial charge in [0.2, 0.25) is 0 Å². The van der Waals surface area contributed by atoms with Crippen LogP contribution in [-0.2, 0) is 13.1 Å². The minimum Gasteiger partial charge on any atom is -0.491 e. The van der Waals surface area contributed by atoms with E-state index in [0.717, 1.165) is 23.1 Å². The van der Waals surface area contributed by atoms with Crippen molar-refractivity contribution in [3.8, 4) is 5.75 Å². The Morgan fingerprint density at radius 2 is 1.12 bits per heavy atom. The molecule has 2 N–H and O–H groups in total. The predicted octanol–water partition coefficient (Wildman–Crippen LogP) is 6.97. The van der Waals surface area contributed by atoms with Crippen molar-refractivity contribution < 1.29 is 9.84 Å². The van der Waals surface area contributed by atoms with E-state index >= 15 is 0 Å². The molecule has 6 nitrogen and oxygen atoms in total. The summed E-state index contributed by atoms with van der Waals surface area (Å²) in [4.78, 5) is 0. The number of aromatic nitrogens is 2. The Balaban J connectivity index is 0.934. The van der Waals surface area contributed by atoms with E-state index in [4.69, 9.17) is 4.74 Å². The van der Waals surface area contributed by atoms with E-state index in [1.165, 1.54) is 32.6 Å². The van der Waals surface area contributed by atoms with Crippen molar-refractivity contribution in [3.05, 3.63) is 127 Å². The lowest BCUT2D eigenvalue weighted by Gasteiger charge is -2.15. The fraction of sp³-hybridized carbons (Fsp3) is 0.139. The van der Waals surface area contributed by atoms with E-state index in [1.807, 2.05) is 42.6 Å². The number of fused-ring (bicyclic) bond motifs is 6. The summed E-state index contributed by atoms with van der Waals surface area (Å²) >= 11 is 0. The summed E-state index contributed by atoms with van der Waals surface area (Å²) in [5.41, 5.74) is 8.86. The molecule has 208 valence electrons. The summed E-state index contributed by atoms with van der Waals surface area (Å²) in [5.74, 6) is 0.716. The Morgan fingerprint density at radius 3 is 1.64 bits per heavy atom. The van der Waals surface area contributed by atoms with Gasteiger partial charge in [-0.3, -0.25) is 0 Å². The minimum absolute atomic E-state index is 0.207. The molecule has 0 bridgehead atoms. The van der Waals surface area contributed by atoms with Crippen LogP contribution in [0.3, 0.4) is 0 Å². The summed E-state index contributed by atoms with van der Waals surface area (Å²) in [5, 5.41) is 20.2. The highest BCUT2D eigenvalue weighted by molar-refractivity contribution is 6.08. The molecule has 0 fully saturated rings. The van der Waals surface area contributed by atoms with Crippen LogP contribution < -0.4 is 10.2 Å². The second kappa shape index (κ2) is 11.4. The first-order chi connectivity index (χ1) is 20.8. The Bertz CT molecular complexity index is 1910. The molecular formula is C36H32N4O2. The molecule has 1 atom stereocenters. The highest BCUT2D eigenvalue weighted by Gasteiger charge is 2.14. The van der Waals surface area contributed by atoms with Crippen molar-refractivity contribution in [2.75, 3.05) is 13.2 Å². The summed E-state index contributed by atoms with van der Waals surface area (Å²) in [7, 11) is 0. The molecule has 42 heavy (non-hydrogen) atoms. The number of hydrazone groups is 1. The van der Waals surface area contributed by atoms with Gasteiger partial charge in [-0.15, -0.1) is 0 Å². The van der Waals surface area contributed by atoms with Crippen LogP contribution in [0.5, 0.6) is 5.75 Å². The van der Waals surface area contributed by atoms with Crippen LogP contribution in [0.4, 0.5) is 0 Å². The number of nitrogens with zero attached hydrogens (tertiary/aromatic N) is 3. The SMILES string of the molecule is OC(COc1ccc(/C=N/NCCn2c3ccccc3c3ccccc32)cc1)Cn1c2ccccc2c2ccccc21. The van der Waals surface area contributed by atoms with Gasteiger partial charge in [0.1, 0.15) is 18.5 Å². The van der Waals surface area contributed by atoms with Crippen LogP contribution in [0.25, 0.3) is 43.6 Å². The lowest BCUT2D eigenvalue weighted by molar-refractivity contribution is 0.0945. The number of para-hydroxylation sites is 4. The van der Waals surface area contributed by atoms with Gasteiger partial charge in [0.15, 0.2) is 0 Å². The monoisotopic (exact) mass is 552 g/mol. The van der Waals surface area contributed by atoms with Crippen LogP contribution in [0.15, 0.2) is 126 Å². The van der Waals surface area contributed by atoms with Gasteiger partial charge >= 0.3 is 0 Å². The molecule has 6 heteroatoms.